The summed E-state index contributed by atoms with van der Waals surface area (Å²) >= 11 is 1.32. The van der Waals surface area contributed by atoms with Gasteiger partial charge in [-0.05, 0) is 24.4 Å². The highest BCUT2D eigenvalue weighted by molar-refractivity contribution is 7.96. The Morgan fingerprint density at radius 2 is 2.07 bits per heavy atom. The van der Waals surface area contributed by atoms with E-state index >= 15 is 0 Å². The number of carboxylic acid groups (broad SMARTS) is 1. The van der Waals surface area contributed by atoms with E-state index < -0.39 is 6.09 Å². The normalized spacial score (nSPS) is 9.79. The largest absolute Gasteiger partial charge is 0.464 e. The molecular formula is C10H13NO2S. The highest BCUT2D eigenvalue weighted by Gasteiger charge is 2.09. The summed E-state index contributed by atoms with van der Waals surface area (Å²) in [5, 5.41) is 8.76. The Bertz CT molecular complexity index is 289. The van der Waals surface area contributed by atoms with E-state index in [1.54, 1.807) is 0 Å². The molecule has 1 rings (SSSR count). The number of hydrogen-bond donors (Lipinski definition) is 1. The molecule has 0 heterocycles. The number of carbonyl (C=O) groups is 1. The Labute approximate surface area is 87.9 Å². The Morgan fingerprint density at radius 3 is 2.57 bits per heavy atom. The zero-order valence-corrected chi connectivity index (χ0v) is 8.83. The molecule has 14 heavy (non-hydrogen) atoms. The summed E-state index contributed by atoms with van der Waals surface area (Å²) in [5.74, 6) is 0.695. The molecule has 1 aromatic carbocycles. The van der Waals surface area contributed by atoms with E-state index in [9.17, 15) is 4.79 Å². The van der Waals surface area contributed by atoms with Gasteiger partial charge in [-0.25, -0.2) is 4.79 Å². The van der Waals surface area contributed by atoms with Crippen LogP contribution in [-0.2, 0) is 5.75 Å². The van der Waals surface area contributed by atoms with Gasteiger partial charge in [-0.3, -0.25) is 4.31 Å². The van der Waals surface area contributed by atoms with Crippen molar-refractivity contribution in [2.24, 2.45) is 0 Å². The van der Waals surface area contributed by atoms with Gasteiger partial charge in [0.1, 0.15) is 0 Å². The fourth-order valence-electron chi connectivity index (χ4n) is 1.01. The maximum Gasteiger partial charge on any atom is 0.417 e. The molecule has 0 saturated carbocycles. The molecule has 0 bridgehead atoms. The van der Waals surface area contributed by atoms with Gasteiger partial charge >= 0.3 is 6.09 Å². The van der Waals surface area contributed by atoms with Gasteiger partial charge in [-0.2, -0.15) is 0 Å². The third kappa shape index (κ3) is 3.30. The first-order chi connectivity index (χ1) is 6.74. The average Bonchev–Trinajstić information content (AvgIpc) is 2.20. The molecule has 0 unspecified atom stereocenters. The molecule has 0 aliphatic heterocycles. The first-order valence-corrected chi connectivity index (χ1v) is 5.35. The maximum atomic E-state index is 10.7. The molecule has 1 N–H and O–H groups in total. The van der Waals surface area contributed by atoms with Gasteiger partial charge in [0.25, 0.3) is 0 Å². The SMILES string of the molecule is CCN(SCc1ccccc1)C(=O)O. The van der Waals surface area contributed by atoms with Crippen LogP contribution in [0.5, 0.6) is 0 Å². The molecule has 0 aliphatic carbocycles. The van der Waals surface area contributed by atoms with Crippen LogP contribution in [0.1, 0.15) is 12.5 Å². The highest BCUT2D eigenvalue weighted by Crippen LogP contribution is 2.16. The molecule has 4 heteroatoms. The molecule has 0 aliphatic rings. The van der Waals surface area contributed by atoms with Crippen LogP contribution in [0.4, 0.5) is 4.79 Å². The molecule has 0 spiro atoms. The van der Waals surface area contributed by atoms with Gasteiger partial charge in [0, 0.05) is 12.3 Å². The molecule has 1 aromatic rings. The molecule has 1 amide bonds. The predicted octanol–water partition coefficient (Wildman–Crippen LogP) is 2.83. The van der Waals surface area contributed by atoms with E-state index in [4.69, 9.17) is 5.11 Å². The molecule has 0 saturated heterocycles. The minimum Gasteiger partial charge on any atom is -0.464 e. The number of hydrogen-bond acceptors (Lipinski definition) is 2. The molecule has 0 atom stereocenters. The molecule has 0 aromatic heterocycles. The van der Waals surface area contributed by atoms with E-state index in [1.165, 1.54) is 16.3 Å². The summed E-state index contributed by atoms with van der Waals surface area (Å²) in [5.41, 5.74) is 1.14. The number of nitrogens with zero attached hydrogens (tertiary/aromatic N) is 1. The van der Waals surface area contributed by atoms with Crippen molar-refractivity contribution in [1.82, 2.24) is 4.31 Å². The summed E-state index contributed by atoms with van der Waals surface area (Å²) in [6, 6.07) is 9.83. The van der Waals surface area contributed by atoms with E-state index in [2.05, 4.69) is 0 Å². The van der Waals surface area contributed by atoms with Gasteiger partial charge in [0.2, 0.25) is 0 Å². The van der Waals surface area contributed by atoms with Crippen molar-refractivity contribution in [2.75, 3.05) is 6.54 Å². The lowest BCUT2D eigenvalue weighted by Crippen LogP contribution is -2.21. The maximum absolute atomic E-state index is 10.7. The van der Waals surface area contributed by atoms with Gasteiger partial charge in [0.15, 0.2) is 0 Å². The molecule has 0 radical (unpaired) electrons. The summed E-state index contributed by atoms with van der Waals surface area (Å²) in [6.07, 6.45) is -0.881. The van der Waals surface area contributed by atoms with Crippen molar-refractivity contribution in [3.8, 4) is 0 Å². The Kier molecular flexibility index (Phi) is 4.32. The van der Waals surface area contributed by atoms with Crippen molar-refractivity contribution >= 4 is 18.0 Å². The van der Waals surface area contributed by atoms with Crippen molar-refractivity contribution in [3.05, 3.63) is 35.9 Å². The van der Waals surface area contributed by atoms with E-state index in [0.29, 0.717) is 12.3 Å². The third-order valence-electron chi connectivity index (χ3n) is 1.73. The Balaban J connectivity index is 2.44. The van der Waals surface area contributed by atoms with Crippen molar-refractivity contribution in [2.45, 2.75) is 12.7 Å². The molecular weight excluding hydrogens is 198 g/mol. The van der Waals surface area contributed by atoms with Crippen molar-refractivity contribution in [3.63, 3.8) is 0 Å². The number of rotatable bonds is 4. The first-order valence-electron chi connectivity index (χ1n) is 4.41. The standard InChI is InChI=1S/C10H13NO2S/c1-2-11(10(12)13)14-8-9-6-4-3-5-7-9/h3-7H,2,8H2,1H3,(H,12,13). The van der Waals surface area contributed by atoms with E-state index in [-0.39, 0.29) is 0 Å². The fourth-order valence-corrected chi connectivity index (χ4v) is 1.80. The van der Waals surface area contributed by atoms with E-state index in [1.807, 2.05) is 37.3 Å². The second-order valence-electron chi connectivity index (χ2n) is 2.74. The zero-order valence-electron chi connectivity index (χ0n) is 8.01. The van der Waals surface area contributed by atoms with Gasteiger partial charge < -0.3 is 5.11 Å². The van der Waals surface area contributed by atoms with Crippen LogP contribution in [0.15, 0.2) is 30.3 Å². The van der Waals surface area contributed by atoms with Crippen LogP contribution in [0.25, 0.3) is 0 Å². The quantitative estimate of drug-likeness (QED) is 0.778. The van der Waals surface area contributed by atoms with Crippen molar-refractivity contribution in [1.29, 1.82) is 0 Å². The zero-order chi connectivity index (χ0) is 10.4. The molecule has 76 valence electrons. The minimum absolute atomic E-state index is 0.507. The van der Waals surface area contributed by atoms with E-state index in [0.717, 1.165) is 5.56 Å². The van der Waals surface area contributed by atoms with Crippen LogP contribution in [0.2, 0.25) is 0 Å². The topological polar surface area (TPSA) is 40.5 Å². The minimum atomic E-state index is -0.881. The van der Waals surface area contributed by atoms with Crippen LogP contribution in [0, 0.1) is 0 Å². The summed E-state index contributed by atoms with van der Waals surface area (Å²) < 4.78 is 1.33. The second kappa shape index (κ2) is 5.54. The van der Waals surface area contributed by atoms with Gasteiger partial charge in [-0.1, -0.05) is 30.3 Å². The monoisotopic (exact) mass is 211 g/mol. The van der Waals surface area contributed by atoms with Gasteiger partial charge in [-0.15, -0.1) is 0 Å². The highest BCUT2D eigenvalue weighted by atomic mass is 32.2. The second-order valence-corrected chi connectivity index (χ2v) is 3.72. The first kappa shape index (κ1) is 10.9. The Morgan fingerprint density at radius 1 is 1.43 bits per heavy atom. The van der Waals surface area contributed by atoms with Gasteiger partial charge in [0.05, 0.1) is 0 Å². The lowest BCUT2D eigenvalue weighted by atomic mass is 10.2. The average molecular weight is 211 g/mol. The Hall–Kier alpha value is -1.16. The van der Waals surface area contributed by atoms with Crippen LogP contribution in [0.3, 0.4) is 0 Å². The summed E-state index contributed by atoms with van der Waals surface area (Å²) in [4.78, 5) is 10.7. The number of benzene rings is 1. The summed E-state index contributed by atoms with van der Waals surface area (Å²) in [6.45, 7) is 2.33. The third-order valence-corrected chi connectivity index (χ3v) is 2.92. The smallest absolute Gasteiger partial charge is 0.417 e. The predicted molar refractivity (Wildman–Crippen MR) is 58.1 cm³/mol. The van der Waals surface area contributed by atoms with Crippen molar-refractivity contribution < 1.29 is 9.90 Å². The fraction of sp³-hybridized carbons (Fsp3) is 0.300. The lowest BCUT2D eigenvalue weighted by Gasteiger charge is -2.14. The molecule has 3 nitrogen and oxygen atoms in total. The lowest BCUT2D eigenvalue weighted by molar-refractivity contribution is 0.176. The van der Waals surface area contributed by atoms with Crippen LogP contribution >= 0.6 is 11.9 Å². The molecule has 0 fully saturated rings. The van der Waals surface area contributed by atoms with Crippen LogP contribution in [-0.4, -0.2) is 22.0 Å². The summed E-state index contributed by atoms with van der Waals surface area (Å²) in [7, 11) is 0. The van der Waals surface area contributed by atoms with Crippen LogP contribution < -0.4 is 0 Å². The number of amides is 1.